The number of amides is 3. The monoisotopic (exact) mass is 476 g/mol. The molecule has 2 aliphatic rings. The average Bonchev–Trinajstić information content (AvgIpc) is 3.31. The molecule has 4 atom stereocenters. The molecule has 1 saturated carbocycles. The lowest BCUT2D eigenvalue weighted by Crippen LogP contribution is -2.71. The van der Waals surface area contributed by atoms with E-state index >= 15 is 0 Å². The number of quaternary nitrogens is 1. The summed E-state index contributed by atoms with van der Waals surface area (Å²) in [7, 11) is 0. The number of unbranched alkanes of at least 4 members (excludes halogenated alkanes) is 3. The number of urea groups is 1. The van der Waals surface area contributed by atoms with Crippen LogP contribution in [0.4, 0.5) is 4.79 Å². The van der Waals surface area contributed by atoms with E-state index in [9.17, 15) is 14.7 Å². The van der Waals surface area contributed by atoms with Crippen molar-refractivity contribution in [1.29, 1.82) is 0 Å². The van der Waals surface area contributed by atoms with Crippen molar-refractivity contribution in [2.24, 2.45) is 5.92 Å². The van der Waals surface area contributed by atoms with E-state index in [0.29, 0.717) is 41.7 Å². The molecule has 0 aromatic heterocycles. The van der Waals surface area contributed by atoms with Gasteiger partial charge < -0.3 is 10.4 Å². The van der Waals surface area contributed by atoms with Crippen LogP contribution in [-0.2, 0) is 11.3 Å². The Morgan fingerprint density at radius 1 is 1.15 bits per heavy atom. The maximum absolute atomic E-state index is 13.5. The third kappa shape index (κ3) is 6.74. The summed E-state index contributed by atoms with van der Waals surface area (Å²) >= 11 is 1.58. The van der Waals surface area contributed by atoms with Crippen LogP contribution >= 0.6 is 11.8 Å². The summed E-state index contributed by atoms with van der Waals surface area (Å²) in [6.45, 7) is 6.48. The zero-order chi connectivity index (χ0) is 23.7. The second-order valence-electron chi connectivity index (χ2n) is 9.72. The number of hydrogen-bond acceptors (Lipinski definition) is 4. The highest BCUT2D eigenvalue weighted by atomic mass is 32.2. The Balaban J connectivity index is 1.58. The minimum atomic E-state index is -0.00820. The summed E-state index contributed by atoms with van der Waals surface area (Å²) in [6.07, 6.45) is 8.54. The predicted octanol–water partition coefficient (Wildman–Crippen LogP) is 4.34. The molecule has 3 amide bonds. The summed E-state index contributed by atoms with van der Waals surface area (Å²) in [5, 5.41) is 15.8. The fraction of sp³-hybridized carbons (Fsp3) is 0.692. The molecular weight excluding hydrogens is 434 g/mol. The third-order valence-corrected chi connectivity index (χ3v) is 8.61. The molecule has 1 heterocycles. The summed E-state index contributed by atoms with van der Waals surface area (Å²) in [5.74, 6) is 0.755. The van der Waals surface area contributed by atoms with Gasteiger partial charge in [0.1, 0.15) is 6.04 Å². The first-order valence-corrected chi connectivity index (χ1v) is 13.8. The number of rotatable bonds is 13. The Bertz CT molecular complexity index is 773. The molecule has 1 aromatic carbocycles. The molecule has 4 unspecified atom stereocenters. The number of aliphatic hydroxyl groups excluding tert-OH is 1. The fourth-order valence-electron chi connectivity index (χ4n) is 5.55. The molecule has 1 aliphatic heterocycles. The topological polar surface area (TPSA) is 78.4 Å². The third-order valence-electron chi connectivity index (χ3n) is 7.36. The lowest BCUT2D eigenvalue weighted by molar-refractivity contribution is -0.883. The Morgan fingerprint density at radius 2 is 1.91 bits per heavy atom. The van der Waals surface area contributed by atoms with Gasteiger partial charge in [-0.05, 0) is 38.2 Å². The number of benzene rings is 1. The molecule has 2 fully saturated rings. The summed E-state index contributed by atoms with van der Waals surface area (Å²) < 4.78 is 0.478. The molecule has 1 aliphatic carbocycles. The Kier molecular flexibility index (Phi) is 10.1. The van der Waals surface area contributed by atoms with Gasteiger partial charge in [0.05, 0.1) is 24.2 Å². The van der Waals surface area contributed by atoms with Gasteiger partial charge >= 0.3 is 6.03 Å². The first-order valence-electron chi connectivity index (χ1n) is 12.7. The lowest BCUT2D eigenvalue weighted by Gasteiger charge is -2.49. The minimum absolute atomic E-state index is 0.00820. The number of thioether (sulfide) groups is 1. The van der Waals surface area contributed by atoms with Crippen molar-refractivity contribution in [1.82, 2.24) is 10.6 Å². The number of aryl methyl sites for hydroxylation is 1. The fourth-order valence-corrected chi connectivity index (χ4v) is 6.73. The number of nitrogens with zero attached hydrogens (tertiary/aromatic N) is 1. The van der Waals surface area contributed by atoms with E-state index in [1.807, 2.05) is 12.1 Å². The molecular formula is C26H42N3O3S+. The molecule has 33 heavy (non-hydrogen) atoms. The van der Waals surface area contributed by atoms with Crippen molar-refractivity contribution >= 4 is 23.7 Å². The van der Waals surface area contributed by atoms with Crippen LogP contribution in [0.5, 0.6) is 0 Å². The minimum Gasteiger partial charge on any atom is -0.396 e. The molecule has 1 saturated heterocycles. The van der Waals surface area contributed by atoms with Crippen LogP contribution in [0.1, 0.15) is 69.4 Å². The van der Waals surface area contributed by atoms with Gasteiger partial charge in [-0.2, -0.15) is 0 Å². The van der Waals surface area contributed by atoms with E-state index in [4.69, 9.17) is 0 Å². The van der Waals surface area contributed by atoms with Crippen molar-refractivity contribution in [3.8, 4) is 0 Å². The highest BCUT2D eigenvalue weighted by molar-refractivity contribution is 8.00. The van der Waals surface area contributed by atoms with E-state index < -0.39 is 0 Å². The predicted molar refractivity (Wildman–Crippen MR) is 135 cm³/mol. The SMILES string of the molecule is CCCCCC[N+]1(CCCO)C(=O)NC(SCC(=O)NCc2ccc(C)cc2)C2CCCC21. The van der Waals surface area contributed by atoms with E-state index in [1.165, 1.54) is 18.4 Å². The van der Waals surface area contributed by atoms with Crippen LogP contribution in [0.25, 0.3) is 0 Å². The smallest absolute Gasteiger partial charge is 0.396 e. The van der Waals surface area contributed by atoms with Crippen LogP contribution in [0.3, 0.4) is 0 Å². The molecule has 1 aromatic rings. The van der Waals surface area contributed by atoms with Gasteiger partial charge in [0, 0.05) is 31.9 Å². The van der Waals surface area contributed by atoms with Gasteiger partial charge in [0.2, 0.25) is 5.91 Å². The second kappa shape index (κ2) is 12.8. The number of carbonyl (C=O) groups excluding carboxylic acids is 2. The zero-order valence-electron chi connectivity index (χ0n) is 20.4. The number of aliphatic hydroxyl groups is 1. The first-order chi connectivity index (χ1) is 16.0. The molecule has 0 bridgehead atoms. The van der Waals surface area contributed by atoms with Crippen molar-refractivity contribution in [2.75, 3.05) is 25.4 Å². The van der Waals surface area contributed by atoms with E-state index in [-0.39, 0.29) is 23.9 Å². The van der Waals surface area contributed by atoms with Crippen LogP contribution in [0, 0.1) is 12.8 Å². The number of nitrogens with one attached hydrogen (secondary N) is 2. The van der Waals surface area contributed by atoms with Crippen LogP contribution in [-0.4, -0.2) is 58.4 Å². The highest BCUT2D eigenvalue weighted by Crippen LogP contribution is 2.43. The van der Waals surface area contributed by atoms with Gasteiger partial charge in [-0.25, -0.2) is 9.28 Å². The number of carbonyl (C=O) groups is 2. The van der Waals surface area contributed by atoms with Gasteiger partial charge in [0.15, 0.2) is 0 Å². The number of fused-ring (bicyclic) bond motifs is 1. The summed E-state index contributed by atoms with van der Waals surface area (Å²) in [4.78, 5) is 26.0. The number of hydrogen-bond donors (Lipinski definition) is 3. The van der Waals surface area contributed by atoms with Crippen LogP contribution in [0.15, 0.2) is 24.3 Å². The van der Waals surface area contributed by atoms with Gasteiger partial charge in [-0.1, -0.05) is 49.6 Å². The normalized spacial score (nSPS) is 26.6. The Morgan fingerprint density at radius 3 is 2.64 bits per heavy atom. The molecule has 184 valence electrons. The summed E-state index contributed by atoms with van der Waals surface area (Å²) in [5.41, 5.74) is 2.30. The lowest BCUT2D eigenvalue weighted by atomic mass is 9.95. The first kappa shape index (κ1) is 26.0. The Labute approximate surface area is 203 Å². The van der Waals surface area contributed by atoms with Crippen molar-refractivity contribution < 1.29 is 19.2 Å². The summed E-state index contributed by atoms with van der Waals surface area (Å²) in [6, 6.07) is 8.59. The van der Waals surface area contributed by atoms with Gasteiger partial charge in [-0.15, -0.1) is 11.8 Å². The largest absolute Gasteiger partial charge is 0.417 e. The standard InChI is InChI=1S/C26H41N3O3S/c1-3-4-5-6-15-29(16-8-17-30)23-10-7-9-22(23)25(28-26(29)32)33-19-24(31)27-18-21-13-11-20(2)12-14-21/h11-14,22-23,25,30H,3-10,15-19H2,1-2H3,(H-,27,28,31,32)/p+1. The van der Waals surface area contributed by atoms with Crippen LogP contribution in [0.2, 0.25) is 0 Å². The van der Waals surface area contributed by atoms with E-state index in [1.54, 1.807) is 11.8 Å². The quantitative estimate of drug-likeness (QED) is 0.292. The molecule has 3 rings (SSSR count). The second-order valence-corrected chi connectivity index (χ2v) is 10.9. The van der Waals surface area contributed by atoms with Crippen molar-refractivity contribution in [2.45, 2.75) is 83.2 Å². The Hall–Kier alpha value is -1.57. The molecule has 0 spiro atoms. The average molecular weight is 477 g/mol. The van der Waals surface area contributed by atoms with Crippen molar-refractivity contribution in [3.63, 3.8) is 0 Å². The van der Waals surface area contributed by atoms with Gasteiger partial charge in [-0.3, -0.25) is 10.1 Å². The molecule has 7 heteroatoms. The maximum atomic E-state index is 13.5. The molecule has 3 N–H and O–H groups in total. The molecule has 0 radical (unpaired) electrons. The highest BCUT2D eigenvalue weighted by Gasteiger charge is 2.56. The molecule has 6 nitrogen and oxygen atoms in total. The zero-order valence-corrected chi connectivity index (χ0v) is 21.2. The van der Waals surface area contributed by atoms with E-state index in [0.717, 1.165) is 44.2 Å². The van der Waals surface area contributed by atoms with Gasteiger partial charge in [0.25, 0.3) is 0 Å². The maximum Gasteiger partial charge on any atom is 0.417 e. The van der Waals surface area contributed by atoms with Crippen LogP contribution < -0.4 is 10.6 Å². The van der Waals surface area contributed by atoms with Crippen molar-refractivity contribution in [3.05, 3.63) is 35.4 Å². The van der Waals surface area contributed by atoms with E-state index in [2.05, 4.69) is 36.6 Å².